The van der Waals surface area contributed by atoms with Gasteiger partial charge in [0.25, 0.3) is 0 Å². The van der Waals surface area contributed by atoms with Crippen LogP contribution in [-0.2, 0) is 0 Å². The highest BCUT2D eigenvalue weighted by atomic mass is 16.5. The smallest absolute Gasteiger partial charge is 0.127 e. The number of hydrogen-bond acceptors (Lipinski definition) is 3. The van der Waals surface area contributed by atoms with E-state index in [-0.39, 0.29) is 6.04 Å². The number of ether oxygens (including phenoxy) is 1. The first-order valence-corrected chi connectivity index (χ1v) is 7.51. The molecule has 2 rings (SSSR count). The van der Waals surface area contributed by atoms with Crippen LogP contribution in [0.2, 0.25) is 0 Å². The first-order valence-electron chi connectivity index (χ1n) is 7.51. The summed E-state index contributed by atoms with van der Waals surface area (Å²) < 4.78 is 11.2. The highest BCUT2D eigenvalue weighted by Gasteiger charge is 2.21. The fraction of sp³-hybridized carbons (Fsp3) is 0.444. The molecule has 0 fully saturated rings. The summed E-state index contributed by atoms with van der Waals surface area (Å²) in [6, 6.07) is 6.48. The molecule has 0 saturated carbocycles. The van der Waals surface area contributed by atoms with Crippen LogP contribution < -0.4 is 10.1 Å². The lowest BCUT2D eigenvalue weighted by Crippen LogP contribution is -2.23. The Morgan fingerprint density at radius 2 is 2.00 bits per heavy atom. The van der Waals surface area contributed by atoms with Gasteiger partial charge in [-0.25, -0.2) is 0 Å². The molecule has 0 aliphatic rings. The van der Waals surface area contributed by atoms with Gasteiger partial charge in [0, 0.05) is 11.1 Å². The van der Waals surface area contributed by atoms with Crippen molar-refractivity contribution in [2.24, 2.45) is 0 Å². The van der Waals surface area contributed by atoms with E-state index in [1.54, 1.807) is 7.11 Å². The molecule has 0 aliphatic carbocycles. The van der Waals surface area contributed by atoms with Crippen molar-refractivity contribution in [1.29, 1.82) is 0 Å². The van der Waals surface area contributed by atoms with Crippen molar-refractivity contribution in [3.05, 3.63) is 52.5 Å². The van der Waals surface area contributed by atoms with Crippen molar-refractivity contribution < 1.29 is 9.15 Å². The maximum atomic E-state index is 5.68. The van der Waals surface area contributed by atoms with Crippen LogP contribution >= 0.6 is 0 Å². The second-order valence-corrected chi connectivity index (χ2v) is 5.51. The van der Waals surface area contributed by atoms with Crippen LogP contribution in [0.3, 0.4) is 0 Å². The molecule has 0 amide bonds. The molecule has 2 aromatic rings. The monoisotopic (exact) mass is 287 g/mol. The van der Waals surface area contributed by atoms with Gasteiger partial charge in [-0.2, -0.15) is 0 Å². The summed E-state index contributed by atoms with van der Waals surface area (Å²) >= 11 is 0. The fourth-order valence-corrected chi connectivity index (χ4v) is 2.62. The van der Waals surface area contributed by atoms with E-state index < -0.39 is 0 Å². The Morgan fingerprint density at radius 3 is 2.57 bits per heavy atom. The fourth-order valence-electron chi connectivity index (χ4n) is 2.62. The zero-order valence-corrected chi connectivity index (χ0v) is 13.6. The van der Waals surface area contributed by atoms with Crippen molar-refractivity contribution in [2.45, 2.75) is 40.2 Å². The summed E-state index contributed by atoms with van der Waals surface area (Å²) in [6.07, 6.45) is 2.91. The summed E-state index contributed by atoms with van der Waals surface area (Å²) in [5.41, 5.74) is 4.74. The molecule has 0 saturated heterocycles. The van der Waals surface area contributed by atoms with Crippen molar-refractivity contribution in [2.75, 3.05) is 13.7 Å². The molecule has 0 bridgehead atoms. The first-order chi connectivity index (χ1) is 10.1. The van der Waals surface area contributed by atoms with Gasteiger partial charge in [0.2, 0.25) is 0 Å². The van der Waals surface area contributed by atoms with Crippen LogP contribution in [0.1, 0.15) is 47.4 Å². The van der Waals surface area contributed by atoms with E-state index in [2.05, 4.69) is 44.3 Å². The average molecular weight is 287 g/mol. The molecule has 1 N–H and O–H groups in total. The molecule has 1 aromatic carbocycles. The molecular weight excluding hydrogens is 262 g/mol. The number of methoxy groups -OCH3 is 1. The lowest BCUT2D eigenvalue weighted by molar-refractivity contribution is 0.400. The predicted octanol–water partition coefficient (Wildman–Crippen LogP) is 4.30. The van der Waals surface area contributed by atoms with Gasteiger partial charge in [-0.05, 0) is 50.9 Å². The molecular formula is C18H25NO2. The van der Waals surface area contributed by atoms with Crippen LogP contribution in [0.4, 0.5) is 0 Å². The molecule has 1 atom stereocenters. The van der Waals surface area contributed by atoms with Crippen molar-refractivity contribution in [1.82, 2.24) is 5.32 Å². The van der Waals surface area contributed by atoms with Gasteiger partial charge >= 0.3 is 0 Å². The minimum absolute atomic E-state index is 0.0941. The second kappa shape index (κ2) is 6.81. The third kappa shape index (κ3) is 3.30. The van der Waals surface area contributed by atoms with Gasteiger partial charge in [-0.1, -0.05) is 19.1 Å². The van der Waals surface area contributed by atoms with E-state index in [1.165, 1.54) is 11.1 Å². The van der Waals surface area contributed by atoms with Crippen LogP contribution in [-0.4, -0.2) is 13.7 Å². The maximum Gasteiger partial charge on any atom is 0.127 e. The van der Waals surface area contributed by atoms with Gasteiger partial charge in [-0.15, -0.1) is 0 Å². The van der Waals surface area contributed by atoms with Crippen LogP contribution in [0.15, 0.2) is 28.9 Å². The van der Waals surface area contributed by atoms with E-state index in [0.29, 0.717) is 0 Å². The van der Waals surface area contributed by atoms with E-state index in [0.717, 1.165) is 35.6 Å². The number of benzene rings is 1. The average Bonchev–Trinajstić information content (AvgIpc) is 2.89. The molecule has 0 spiro atoms. The number of hydrogen-bond donors (Lipinski definition) is 1. The molecule has 0 aliphatic heterocycles. The van der Waals surface area contributed by atoms with E-state index in [1.807, 2.05) is 13.2 Å². The maximum absolute atomic E-state index is 5.68. The van der Waals surface area contributed by atoms with Gasteiger partial charge in [0.05, 0.1) is 19.4 Å². The van der Waals surface area contributed by atoms with Crippen molar-refractivity contribution >= 4 is 0 Å². The number of aryl methyl sites for hydroxylation is 2. The lowest BCUT2D eigenvalue weighted by atomic mass is 9.95. The number of nitrogens with one attached hydrogen (secondary N) is 1. The number of rotatable bonds is 6. The van der Waals surface area contributed by atoms with E-state index in [4.69, 9.17) is 9.15 Å². The normalized spacial score (nSPS) is 12.4. The third-order valence-electron chi connectivity index (χ3n) is 3.90. The molecule has 1 heterocycles. The molecule has 114 valence electrons. The van der Waals surface area contributed by atoms with Gasteiger partial charge < -0.3 is 14.5 Å². The predicted molar refractivity (Wildman–Crippen MR) is 86.0 cm³/mol. The molecule has 1 unspecified atom stereocenters. The highest BCUT2D eigenvalue weighted by Crippen LogP contribution is 2.34. The van der Waals surface area contributed by atoms with Crippen molar-refractivity contribution in [3.63, 3.8) is 0 Å². The minimum Gasteiger partial charge on any atom is -0.496 e. The Hall–Kier alpha value is -1.74. The summed E-state index contributed by atoms with van der Waals surface area (Å²) in [6.45, 7) is 9.30. The molecule has 3 nitrogen and oxygen atoms in total. The quantitative estimate of drug-likeness (QED) is 0.860. The third-order valence-corrected chi connectivity index (χ3v) is 3.90. The summed E-state index contributed by atoms with van der Waals surface area (Å²) in [4.78, 5) is 0. The summed E-state index contributed by atoms with van der Waals surface area (Å²) in [7, 11) is 1.74. The topological polar surface area (TPSA) is 34.4 Å². The Bertz CT molecular complexity index is 601. The standard InChI is InChI=1S/C18H25NO2/c1-6-9-19-17(15-10-13(3)21-11-15)16-8-7-12(2)14(4)18(16)20-5/h7-8,10-11,17,19H,6,9H2,1-5H3. The Labute approximate surface area is 127 Å². The molecule has 3 heteroatoms. The largest absolute Gasteiger partial charge is 0.496 e. The van der Waals surface area contributed by atoms with E-state index in [9.17, 15) is 0 Å². The van der Waals surface area contributed by atoms with Crippen LogP contribution in [0.25, 0.3) is 0 Å². The zero-order chi connectivity index (χ0) is 15.4. The van der Waals surface area contributed by atoms with Crippen molar-refractivity contribution in [3.8, 4) is 5.75 Å². The second-order valence-electron chi connectivity index (χ2n) is 5.51. The zero-order valence-electron chi connectivity index (χ0n) is 13.6. The summed E-state index contributed by atoms with van der Waals surface area (Å²) in [5, 5.41) is 3.60. The van der Waals surface area contributed by atoms with Crippen LogP contribution in [0, 0.1) is 20.8 Å². The Kier molecular flexibility index (Phi) is 5.07. The van der Waals surface area contributed by atoms with Gasteiger partial charge in [-0.3, -0.25) is 0 Å². The SMILES string of the molecule is CCCNC(c1coc(C)c1)c1ccc(C)c(C)c1OC. The molecule has 1 aromatic heterocycles. The highest BCUT2D eigenvalue weighted by molar-refractivity contribution is 5.49. The molecule has 21 heavy (non-hydrogen) atoms. The Balaban J connectivity index is 2.48. The lowest BCUT2D eigenvalue weighted by Gasteiger charge is -2.22. The van der Waals surface area contributed by atoms with Crippen LogP contribution in [0.5, 0.6) is 5.75 Å². The number of furan rings is 1. The van der Waals surface area contributed by atoms with Gasteiger partial charge in [0.1, 0.15) is 11.5 Å². The minimum atomic E-state index is 0.0941. The summed E-state index contributed by atoms with van der Waals surface area (Å²) in [5.74, 6) is 1.89. The van der Waals surface area contributed by atoms with E-state index >= 15 is 0 Å². The van der Waals surface area contributed by atoms with Gasteiger partial charge in [0.15, 0.2) is 0 Å². The Morgan fingerprint density at radius 1 is 1.24 bits per heavy atom. The first kappa shape index (κ1) is 15.6. The molecule has 0 radical (unpaired) electrons.